The Morgan fingerprint density at radius 3 is 2.52 bits per heavy atom. The highest BCUT2D eigenvalue weighted by atomic mass is 16.5. The molecule has 31 heavy (non-hydrogen) atoms. The lowest BCUT2D eigenvalue weighted by atomic mass is 10.1. The highest BCUT2D eigenvalue weighted by molar-refractivity contribution is 5.99. The predicted molar refractivity (Wildman–Crippen MR) is 116 cm³/mol. The molecule has 0 radical (unpaired) electrons. The van der Waals surface area contributed by atoms with Crippen molar-refractivity contribution in [3.8, 4) is 5.75 Å². The zero-order valence-corrected chi connectivity index (χ0v) is 18.2. The summed E-state index contributed by atoms with van der Waals surface area (Å²) >= 11 is 0. The Kier molecular flexibility index (Phi) is 8.28. The van der Waals surface area contributed by atoms with Gasteiger partial charge in [0.25, 0.3) is 0 Å². The number of carboxylic acid groups (broad SMARTS) is 1. The van der Waals surface area contributed by atoms with Crippen molar-refractivity contribution in [2.45, 2.75) is 45.1 Å². The van der Waals surface area contributed by atoms with E-state index in [0.717, 1.165) is 56.6 Å². The van der Waals surface area contributed by atoms with Gasteiger partial charge in [0.1, 0.15) is 11.8 Å². The predicted octanol–water partition coefficient (Wildman–Crippen LogP) is 2.63. The van der Waals surface area contributed by atoms with Crippen LogP contribution in [-0.4, -0.2) is 78.1 Å². The number of nitrogens with one attached hydrogen (secondary N) is 1. The fourth-order valence-electron chi connectivity index (χ4n) is 3.90. The maximum Gasteiger partial charge on any atom is 0.405 e. The van der Waals surface area contributed by atoms with E-state index in [-0.39, 0.29) is 17.6 Å². The van der Waals surface area contributed by atoms with Crippen LogP contribution >= 0.6 is 0 Å². The second-order valence-electron chi connectivity index (χ2n) is 8.30. The molecule has 2 amide bonds. The number of hydrogen-bond donors (Lipinski definition) is 2. The largest absolute Gasteiger partial charge is 0.494 e. The summed E-state index contributed by atoms with van der Waals surface area (Å²) in [5.74, 6) is 1.10. The van der Waals surface area contributed by atoms with Crippen molar-refractivity contribution in [1.29, 1.82) is 0 Å². The van der Waals surface area contributed by atoms with Crippen molar-refractivity contribution >= 4 is 17.8 Å². The molecule has 0 aromatic heterocycles. The van der Waals surface area contributed by atoms with Crippen LogP contribution in [0.2, 0.25) is 0 Å². The molecular weight excluding hydrogens is 398 g/mol. The summed E-state index contributed by atoms with van der Waals surface area (Å²) in [5, 5.41) is 11.2. The molecule has 1 unspecified atom stereocenters. The van der Waals surface area contributed by atoms with E-state index in [4.69, 9.17) is 9.84 Å². The molecule has 3 rings (SSSR count). The first-order chi connectivity index (χ1) is 15.0. The average Bonchev–Trinajstić information content (AvgIpc) is 3.62. The van der Waals surface area contributed by atoms with E-state index < -0.39 is 12.1 Å². The molecule has 0 spiro atoms. The van der Waals surface area contributed by atoms with Crippen molar-refractivity contribution in [3.63, 3.8) is 0 Å². The number of ketones is 1. The second-order valence-corrected chi connectivity index (χ2v) is 8.30. The van der Waals surface area contributed by atoms with Crippen LogP contribution in [0.5, 0.6) is 5.75 Å². The molecule has 170 valence electrons. The number of amides is 2. The van der Waals surface area contributed by atoms with Crippen LogP contribution in [0.15, 0.2) is 24.3 Å². The van der Waals surface area contributed by atoms with E-state index in [1.54, 1.807) is 11.8 Å². The van der Waals surface area contributed by atoms with E-state index in [2.05, 4.69) is 10.2 Å². The van der Waals surface area contributed by atoms with Gasteiger partial charge in [0.2, 0.25) is 5.91 Å². The lowest BCUT2D eigenvalue weighted by Crippen LogP contribution is -2.48. The minimum Gasteiger partial charge on any atom is -0.494 e. The summed E-state index contributed by atoms with van der Waals surface area (Å²) in [6, 6.07) is 6.74. The molecule has 1 atom stereocenters. The Morgan fingerprint density at radius 1 is 1.13 bits per heavy atom. The van der Waals surface area contributed by atoms with Crippen molar-refractivity contribution in [3.05, 3.63) is 29.8 Å². The third kappa shape index (κ3) is 6.95. The van der Waals surface area contributed by atoms with Crippen LogP contribution in [0.4, 0.5) is 4.79 Å². The van der Waals surface area contributed by atoms with E-state index in [0.29, 0.717) is 26.1 Å². The summed E-state index contributed by atoms with van der Waals surface area (Å²) in [5.41, 5.74) is 0.766. The Bertz CT molecular complexity index is 763. The molecule has 1 heterocycles. The monoisotopic (exact) mass is 431 g/mol. The van der Waals surface area contributed by atoms with E-state index in [1.165, 1.54) is 0 Å². The number of hydrogen-bond acceptors (Lipinski definition) is 5. The Hall–Kier alpha value is -2.61. The number of rotatable bonds is 10. The van der Waals surface area contributed by atoms with Crippen LogP contribution in [0.25, 0.3) is 0 Å². The standard InChI is InChI=1S/C23H33N3O5/c1-2-20(24-23(29)30)22(28)26-13-3-11-25(14-15-26)12-4-16-31-19-9-7-18(8-10-19)21(27)17-5-6-17/h7-10,17,20,24H,2-6,11-16H2,1H3,(H,29,30). The summed E-state index contributed by atoms with van der Waals surface area (Å²) in [7, 11) is 0. The van der Waals surface area contributed by atoms with Crippen molar-refractivity contribution in [2.75, 3.05) is 39.3 Å². The second kappa shape index (κ2) is 11.1. The topological polar surface area (TPSA) is 99.2 Å². The first-order valence-electron chi connectivity index (χ1n) is 11.3. The molecule has 2 aliphatic rings. The average molecular weight is 432 g/mol. The molecule has 0 bridgehead atoms. The van der Waals surface area contributed by atoms with Crippen molar-refractivity contribution < 1.29 is 24.2 Å². The van der Waals surface area contributed by atoms with Gasteiger partial charge in [-0.25, -0.2) is 4.79 Å². The number of Topliss-reactive ketones (excluding diaryl/α,β-unsaturated/α-hetero) is 1. The summed E-state index contributed by atoms with van der Waals surface area (Å²) in [6.07, 6.45) is 3.04. The van der Waals surface area contributed by atoms with Gasteiger partial charge in [-0.05, 0) is 62.9 Å². The molecule has 1 saturated heterocycles. The zero-order valence-electron chi connectivity index (χ0n) is 18.2. The summed E-state index contributed by atoms with van der Waals surface area (Å²) in [6.45, 7) is 6.21. The third-order valence-corrected chi connectivity index (χ3v) is 5.88. The number of nitrogens with zero attached hydrogens (tertiary/aromatic N) is 2. The maximum absolute atomic E-state index is 12.6. The van der Waals surface area contributed by atoms with Gasteiger partial charge in [-0.2, -0.15) is 0 Å². The molecule has 2 fully saturated rings. The van der Waals surface area contributed by atoms with E-state index in [9.17, 15) is 14.4 Å². The molecule has 8 heteroatoms. The molecule has 1 saturated carbocycles. The third-order valence-electron chi connectivity index (χ3n) is 5.88. The SMILES string of the molecule is CCC(NC(=O)O)C(=O)N1CCCN(CCCOc2ccc(C(=O)C3CC3)cc2)CC1. The number of benzene rings is 1. The van der Waals surface area contributed by atoms with Gasteiger partial charge in [-0.15, -0.1) is 0 Å². The van der Waals surface area contributed by atoms with E-state index in [1.807, 2.05) is 24.3 Å². The highest BCUT2D eigenvalue weighted by Crippen LogP contribution is 2.32. The molecule has 1 aliphatic carbocycles. The van der Waals surface area contributed by atoms with Crippen LogP contribution < -0.4 is 10.1 Å². The van der Waals surface area contributed by atoms with Gasteiger partial charge in [-0.3, -0.25) is 9.59 Å². The smallest absolute Gasteiger partial charge is 0.405 e. The molecule has 1 aromatic carbocycles. The Morgan fingerprint density at radius 2 is 1.87 bits per heavy atom. The van der Waals surface area contributed by atoms with Crippen molar-refractivity contribution in [2.24, 2.45) is 5.92 Å². The molecule has 2 N–H and O–H groups in total. The Labute approximate surface area is 183 Å². The fourth-order valence-corrected chi connectivity index (χ4v) is 3.90. The van der Waals surface area contributed by atoms with Crippen LogP contribution in [0.1, 0.15) is 49.4 Å². The van der Waals surface area contributed by atoms with E-state index >= 15 is 0 Å². The first kappa shape index (κ1) is 23.1. The van der Waals surface area contributed by atoms with Gasteiger partial charge >= 0.3 is 6.09 Å². The lowest BCUT2D eigenvalue weighted by molar-refractivity contribution is -0.133. The number of ether oxygens (including phenoxy) is 1. The lowest BCUT2D eigenvalue weighted by Gasteiger charge is -2.25. The highest BCUT2D eigenvalue weighted by Gasteiger charge is 2.30. The summed E-state index contributed by atoms with van der Waals surface area (Å²) in [4.78, 5) is 39.6. The molecule has 8 nitrogen and oxygen atoms in total. The van der Waals surface area contributed by atoms with Crippen LogP contribution in [-0.2, 0) is 4.79 Å². The Balaban J connectivity index is 1.36. The van der Waals surface area contributed by atoms with Gasteiger partial charge in [0.05, 0.1) is 6.61 Å². The fraction of sp³-hybridized carbons (Fsp3) is 0.609. The van der Waals surface area contributed by atoms with Gasteiger partial charge < -0.3 is 25.0 Å². The summed E-state index contributed by atoms with van der Waals surface area (Å²) < 4.78 is 5.82. The van der Waals surface area contributed by atoms with Gasteiger partial charge in [0.15, 0.2) is 5.78 Å². The number of carbonyl (C=O) groups excluding carboxylic acids is 2. The van der Waals surface area contributed by atoms with Crippen molar-refractivity contribution in [1.82, 2.24) is 15.1 Å². The minimum atomic E-state index is -1.17. The molecule has 1 aliphatic heterocycles. The first-order valence-corrected chi connectivity index (χ1v) is 11.3. The van der Waals surface area contributed by atoms with Crippen LogP contribution in [0.3, 0.4) is 0 Å². The minimum absolute atomic E-state index is 0.140. The van der Waals surface area contributed by atoms with Crippen LogP contribution in [0, 0.1) is 5.92 Å². The molecular formula is C23H33N3O5. The number of carbonyl (C=O) groups is 3. The zero-order chi connectivity index (χ0) is 22.2. The quantitative estimate of drug-likeness (QED) is 0.436. The normalized spacial score (nSPS) is 18.2. The molecule has 1 aromatic rings. The van der Waals surface area contributed by atoms with Gasteiger partial charge in [0, 0.05) is 37.7 Å². The van der Waals surface area contributed by atoms with Gasteiger partial charge in [-0.1, -0.05) is 6.92 Å². The maximum atomic E-state index is 12.6.